The minimum Gasteiger partial charge on any atom is -0.444 e. The molecule has 40 heavy (non-hydrogen) atoms. The van der Waals surface area contributed by atoms with E-state index in [1.54, 1.807) is 6.07 Å². The fourth-order valence-corrected chi connectivity index (χ4v) is 4.74. The molecule has 0 saturated carbocycles. The molecule has 2 aliphatic heterocycles. The van der Waals surface area contributed by atoms with Crippen molar-refractivity contribution in [2.24, 2.45) is 0 Å². The molecule has 212 valence electrons. The third-order valence-electron chi connectivity index (χ3n) is 6.78. The van der Waals surface area contributed by atoms with Crippen LogP contribution in [-0.2, 0) is 14.3 Å². The predicted octanol–water partition coefficient (Wildman–Crippen LogP) is 3.48. The van der Waals surface area contributed by atoms with Gasteiger partial charge in [-0.1, -0.05) is 18.2 Å². The molecule has 0 unspecified atom stereocenters. The molecule has 0 spiro atoms. The number of carbonyl (C=O) groups is 2. The number of alkyl halides is 3. The number of piperazine rings is 1. The molecule has 3 heterocycles. The smallest absolute Gasteiger partial charge is 0.444 e. The Hall–Kier alpha value is -3.97. The number of esters is 1. The van der Waals surface area contributed by atoms with Crippen LogP contribution >= 0.6 is 0 Å². The van der Waals surface area contributed by atoms with Crippen LogP contribution in [0.3, 0.4) is 0 Å². The minimum absolute atomic E-state index is 0.0577. The zero-order chi connectivity index (χ0) is 28.4. The highest BCUT2D eigenvalue weighted by atomic mass is 19.4. The third kappa shape index (κ3) is 5.80. The first kappa shape index (κ1) is 27.6. The number of aryl methyl sites for hydroxylation is 1. The van der Waals surface area contributed by atoms with Gasteiger partial charge in [-0.25, -0.2) is 19.6 Å². The van der Waals surface area contributed by atoms with Gasteiger partial charge in [0, 0.05) is 31.4 Å². The number of carbonyl (C=O) groups excluding carboxylic acids is 2. The molecule has 13 heteroatoms. The highest BCUT2D eigenvalue weighted by molar-refractivity contribution is 5.92. The normalized spacial score (nSPS) is 19.6. The number of ether oxygens (including phenoxy) is 3. The number of benzene rings is 2. The summed E-state index contributed by atoms with van der Waals surface area (Å²) in [5.41, 5.74) is 1.53. The van der Waals surface area contributed by atoms with E-state index >= 15 is 0 Å². The van der Waals surface area contributed by atoms with Gasteiger partial charge >= 0.3 is 18.2 Å². The van der Waals surface area contributed by atoms with Gasteiger partial charge in [0.1, 0.15) is 17.7 Å². The van der Waals surface area contributed by atoms with Gasteiger partial charge in [0.15, 0.2) is 5.82 Å². The standard InChI is InChI=1S/C27H27F3N4O6/c1-16-6-7-19-21(12-16)31-23(20-4-2-3-5-22(20)40-25(36)27(28,29)30)32-24(19)33-9-10-34(17(13-33)14-35)26(37)39-18-8-11-38-15-18/h2-7,12,17-18,35H,8-11,13-15H2,1H3/t17-,18-/m1/s1. The van der Waals surface area contributed by atoms with E-state index in [1.807, 2.05) is 30.0 Å². The lowest BCUT2D eigenvalue weighted by atomic mass is 10.1. The van der Waals surface area contributed by atoms with Gasteiger partial charge in [0.25, 0.3) is 0 Å². The topological polar surface area (TPSA) is 114 Å². The van der Waals surface area contributed by atoms with Crippen LogP contribution in [0.5, 0.6) is 5.75 Å². The average molecular weight is 561 g/mol. The van der Waals surface area contributed by atoms with Crippen LogP contribution < -0.4 is 9.64 Å². The molecule has 1 amide bonds. The Morgan fingerprint density at radius 3 is 2.67 bits per heavy atom. The van der Waals surface area contributed by atoms with E-state index in [1.165, 1.54) is 23.1 Å². The maximum Gasteiger partial charge on any atom is 0.491 e. The van der Waals surface area contributed by atoms with Crippen molar-refractivity contribution >= 4 is 28.8 Å². The lowest BCUT2D eigenvalue weighted by Gasteiger charge is -2.41. The van der Waals surface area contributed by atoms with Crippen molar-refractivity contribution in [3.63, 3.8) is 0 Å². The van der Waals surface area contributed by atoms with Gasteiger partial charge in [-0.2, -0.15) is 13.2 Å². The Morgan fingerprint density at radius 1 is 1.15 bits per heavy atom. The van der Waals surface area contributed by atoms with E-state index in [4.69, 9.17) is 9.47 Å². The molecule has 2 saturated heterocycles. The summed E-state index contributed by atoms with van der Waals surface area (Å²) in [5.74, 6) is -2.16. The number of fused-ring (bicyclic) bond motifs is 1. The van der Waals surface area contributed by atoms with Crippen molar-refractivity contribution in [2.45, 2.75) is 31.7 Å². The molecule has 1 aromatic heterocycles. The van der Waals surface area contributed by atoms with Gasteiger partial charge in [-0.15, -0.1) is 0 Å². The van der Waals surface area contributed by atoms with Crippen molar-refractivity contribution in [1.82, 2.24) is 14.9 Å². The maximum atomic E-state index is 12.9. The number of aliphatic hydroxyl groups is 1. The summed E-state index contributed by atoms with van der Waals surface area (Å²) < 4.78 is 54.2. The third-order valence-corrected chi connectivity index (χ3v) is 6.78. The second kappa shape index (κ2) is 11.3. The molecule has 5 rings (SSSR count). The molecule has 0 radical (unpaired) electrons. The molecular formula is C27H27F3N4O6. The first-order chi connectivity index (χ1) is 19.1. The van der Waals surface area contributed by atoms with Crippen LogP contribution in [0.1, 0.15) is 12.0 Å². The van der Waals surface area contributed by atoms with Crippen molar-refractivity contribution in [3.8, 4) is 17.1 Å². The molecule has 2 atom stereocenters. The van der Waals surface area contributed by atoms with E-state index in [0.717, 1.165) is 5.56 Å². The van der Waals surface area contributed by atoms with E-state index in [0.29, 0.717) is 42.9 Å². The molecule has 2 aliphatic rings. The number of hydrogen-bond acceptors (Lipinski definition) is 9. The van der Waals surface area contributed by atoms with E-state index < -0.39 is 24.3 Å². The van der Waals surface area contributed by atoms with E-state index in [2.05, 4.69) is 14.7 Å². The van der Waals surface area contributed by atoms with Crippen LogP contribution in [0.15, 0.2) is 42.5 Å². The SMILES string of the molecule is Cc1ccc2c(N3CCN(C(=O)O[C@@H]4CCOC4)[C@@H](CO)C3)nc(-c3ccccc3OC(=O)C(F)(F)F)nc2c1. The summed E-state index contributed by atoms with van der Waals surface area (Å²) >= 11 is 0. The highest BCUT2D eigenvalue weighted by Crippen LogP contribution is 2.34. The average Bonchev–Trinajstić information content (AvgIpc) is 3.44. The highest BCUT2D eigenvalue weighted by Gasteiger charge is 2.42. The Labute approximate surface area is 227 Å². The molecule has 3 aromatic rings. The predicted molar refractivity (Wildman–Crippen MR) is 137 cm³/mol. The summed E-state index contributed by atoms with van der Waals surface area (Å²) in [5, 5.41) is 10.8. The number of halogens is 3. The lowest BCUT2D eigenvalue weighted by molar-refractivity contribution is -0.189. The number of amides is 1. The van der Waals surface area contributed by atoms with Crippen LogP contribution in [0.2, 0.25) is 0 Å². The van der Waals surface area contributed by atoms with Crippen LogP contribution in [0, 0.1) is 6.92 Å². The monoisotopic (exact) mass is 560 g/mol. The number of anilines is 1. The molecule has 2 aromatic carbocycles. The van der Waals surface area contributed by atoms with E-state index in [9.17, 15) is 27.9 Å². The summed E-state index contributed by atoms with van der Waals surface area (Å²) in [7, 11) is 0. The van der Waals surface area contributed by atoms with Gasteiger partial charge in [0.2, 0.25) is 0 Å². The lowest BCUT2D eigenvalue weighted by Crippen LogP contribution is -2.57. The van der Waals surface area contributed by atoms with Gasteiger partial charge in [0.05, 0.1) is 36.9 Å². The van der Waals surface area contributed by atoms with Crippen molar-refractivity contribution in [1.29, 1.82) is 0 Å². The Kier molecular flexibility index (Phi) is 7.76. The quantitative estimate of drug-likeness (QED) is 0.370. The number of para-hydroxylation sites is 1. The minimum atomic E-state index is -5.18. The largest absolute Gasteiger partial charge is 0.491 e. The van der Waals surface area contributed by atoms with E-state index in [-0.39, 0.29) is 42.9 Å². The first-order valence-electron chi connectivity index (χ1n) is 12.7. The Balaban J connectivity index is 1.48. The number of aromatic nitrogens is 2. The summed E-state index contributed by atoms with van der Waals surface area (Å²) in [6.45, 7) is 3.22. The molecule has 1 N–H and O–H groups in total. The summed E-state index contributed by atoms with van der Waals surface area (Å²) in [6, 6.07) is 10.7. The number of nitrogens with zero attached hydrogens (tertiary/aromatic N) is 4. The van der Waals surface area contributed by atoms with Crippen molar-refractivity contribution in [3.05, 3.63) is 48.0 Å². The van der Waals surface area contributed by atoms with Crippen molar-refractivity contribution < 1.29 is 42.1 Å². The summed E-state index contributed by atoms with van der Waals surface area (Å²) in [4.78, 5) is 37.0. The Morgan fingerprint density at radius 2 is 1.95 bits per heavy atom. The molecule has 0 bridgehead atoms. The fraction of sp³-hybridized carbons (Fsp3) is 0.407. The van der Waals surface area contributed by atoms with Gasteiger partial charge < -0.3 is 24.2 Å². The van der Waals surface area contributed by atoms with Crippen LogP contribution in [0.4, 0.5) is 23.8 Å². The van der Waals surface area contributed by atoms with Crippen LogP contribution in [-0.4, -0.2) is 89.8 Å². The number of rotatable bonds is 5. The maximum absolute atomic E-state index is 12.9. The van der Waals surface area contributed by atoms with Gasteiger partial charge in [-0.05, 0) is 36.8 Å². The second-order valence-electron chi connectivity index (χ2n) is 9.62. The van der Waals surface area contributed by atoms with Gasteiger partial charge in [-0.3, -0.25) is 4.90 Å². The zero-order valence-electron chi connectivity index (χ0n) is 21.6. The van der Waals surface area contributed by atoms with Crippen molar-refractivity contribution in [2.75, 3.05) is 44.4 Å². The second-order valence-corrected chi connectivity index (χ2v) is 9.62. The molecule has 0 aliphatic carbocycles. The van der Waals surface area contributed by atoms with Crippen LogP contribution in [0.25, 0.3) is 22.3 Å². The zero-order valence-corrected chi connectivity index (χ0v) is 21.6. The molecule has 10 nitrogen and oxygen atoms in total. The fourth-order valence-electron chi connectivity index (χ4n) is 4.74. The first-order valence-corrected chi connectivity index (χ1v) is 12.7. The Bertz CT molecular complexity index is 1410. The number of aliphatic hydroxyl groups excluding tert-OH is 1. The summed E-state index contributed by atoms with van der Waals surface area (Å²) in [6.07, 6.45) is -5.42. The molecule has 2 fully saturated rings. The molecular weight excluding hydrogens is 533 g/mol. The number of hydrogen-bond donors (Lipinski definition) is 1.